The Morgan fingerprint density at radius 3 is 2.59 bits per heavy atom. The largest absolute Gasteiger partial charge is 0.496 e. The molecule has 0 unspecified atom stereocenters. The van der Waals surface area contributed by atoms with Crippen LogP contribution in [0.4, 0.5) is 0 Å². The van der Waals surface area contributed by atoms with E-state index in [2.05, 4.69) is 15.2 Å². The van der Waals surface area contributed by atoms with Gasteiger partial charge in [0.15, 0.2) is 0 Å². The van der Waals surface area contributed by atoms with Crippen LogP contribution in [0.2, 0.25) is 0 Å². The van der Waals surface area contributed by atoms with Crippen molar-refractivity contribution >= 4 is 16.8 Å². The zero-order valence-corrected chi connectivity index (χ0v) is 16.2. The molecule has 2 aromatic carbocycles. The van der Waals surface area contributed by atoms with Crippen molar-refractivity contribution in [3.63, 3.8) is 0 Å². The number of aromatic nitrogens is 1. The normalized spacial score (nSPS) is 12.2. The maximum Gasteiger partial charge on any atom is 0.252 e. The Morgan fingerprint density at radius 1 is 1.15 bits per heavy atom. The summed E-state index contributed by atoms with van der Waals surface area (Å²) < 4.78 is 5.49. The molecule has 0 aliphatic rings. The first-order valence-corrected chi connectivity index (χ1v) is 8.95. The number of methoxy groups -OCH3 is 1. The number of aryl methyl sites for hydroxylation is 1. The van der Waals surface area contributed by atoms with Gasteiger partial charge in [-0.05, 0) is 39.2 Å². The van der Waals surface area contributed by atoms with Crippen LogP contribution in [0.15, 0.2) is 54.6 Å². The molecule has 1 N–H and O–H groups in total. The number of amides is 1. The average Bonchev–Trinajstić information content (AvgIpc) is 2.67. The Bertz CT molecular complexity index is 953. The van der Waals surface area contributed by atoms with E-state index in [1.54, 1.807) is 7.11 Å². The highest BCUT2D eigenvalue weighted by atomic mass is 16.5. The molecule has 0 aliphatic carbocycles. The van der Waals surface area contributed by atoms with Crippen molar-refractivity contribution in [3.8, 4) is 5.75 Å². The fourth-order valence-electron chi connectivity index (χ4n) is 3.29. The van der Waals surface area contributed by atoms with E-state index in [9.17, 15) is 4.79 Å². The molecule has 1 amide bonds. The molecule has 1 aromatic heterocycles. The number of benzene rings is 2. The van der Waals surface area contributed by atoms with E-state index in [1.165, 1.54) is 0 Å². The quantitative estimate of drug-likeness (QED) is 0.727. The molecule has 3 rings (SSSR count). The monoisotopic (exact) mass is 363 g/mol. The predicted molar refractivity (Wildman–Crippen MR) is 108 cm³/mol. The molecule has 5 heteroatoms. The second-order valence-corrected chi connectivity index (χ2v) is 6.76. The van der Waals surface area contributed by atoms with Gasteiger partial charge in [0, 0.05) is 23.2 Å². The van der Waals surface area contributed by atoms with E-state index < -0.39 is 0 Å². The molecular weight excluding hydrogens is 338 g/mol. The van der Waals surface area contributed by atoms with Crippen LogP contribution in [0.1, 0.15) is 27.7 Å². The van der Waals surface area contributed by atoms with Gasteiger partial charge in [-0.2, -0.15) is 0 Å². The Morgan fingerprint density at radius 2 is 1.85 bits per heavy atom. The summed E-state index contributed by atoms with van der Waals surface area (Å²) >= 11 is 0. The molecule has 5 nitrogen and oxygen atoms in total. The second-order valence-electron chi connectivity index (χ2n) is 6.76. The van der Waals surface area contributed by atoms with Gasteiger partial charge < -0.3 is 15.0 Å². The highest BCUT2D eigenvalue weighted by Gasteiger charge is 2.20. The summed E-state index contributed by atoms with van der Waals surface area (Å²) in [6.07, 6.45) is 0. The minimum Gasteiger partial charge on any atom is -0.496 e. The molecule has 0 bridgehead atoms. The van der Waals surface area contributed by atoms with Crippen LogP contribution in [0.5, 0.6) is 5.75 Å². The number of hydrogen-bond acceptors (Lipinski definition) is 4. The molecule has 1 atom stereocenters. The Hall–Kier alpha value is -2.92. The number of pyridine rings is 1. The fraction of sp³-hybridized carbons (Fsp3) is 0.273. The van der Waals surface area contributed by atoms with Crippen LogP contribution in [0.3, 0.4) is 0 Å². The van der Waals surface area contributed by atoms with Gasteiger partial charge in [-0.25, -0.2) is 0 Å². The van der Waals surface area contributed by atoms with Crippen LogP contribution in [0, 0.1) is 6.92 Å². The lowest BCUT2D eigenvalue weighted by Gasteiger charge is -2.26. The Labute approximate surface area is 160 Å². The van der Waals surface area contributed by atoms with E-state index in [-0.39, 0.29) is 11.9 Å². The summed E-state index contributed by atoms with van der Waals surface area (Å²) in [5.74, 6) is 0.717. The summed E-state index contributed by atoms with van der Waals surface area (Å²) in [6, 6.07) is 17.4. The van der Waals surface area contributed by atoms with Gasteiger partial charge in [-0.15, -0.1) is 0 Å². The second kappa shape index (κ2) is 8.18. The van der Waals surface area contributed by atoms with Gasteiger partial charge in [-0.1, -0.05) is 36.4 Å². The first-order chi connectivity index (χ1) is 13.0. The standard InChI is InChI=1S/C22H25N3O2/c1-15-13-18(16-9-5-7-11-19(16)24-15)22(26)23-14-20(25(2)3)17-10-6-8-12-21(17)27-4/h5-13,20H,14H2,1-4H3,(H,23,26)/t20-/m1/s1. The molecule has 0 saturated carbocycles. The van der Waals surface area contributed by atoms with Gasteiger partial charge in [0.2, 0.25) is 0 Å². The van der Waals surface area contributed by atoms with Gasteiger partial charge in [0.05, 0.1) is 24.2 Å². The van der Waals surface area contributed by atoms with Crippen LogP contribution in [-0.4, -0.2) is 43.5 Å². The van der Waals surface area contributed by atoms with E-state index in [0.717, 1.165) is 27.9 Å². The highest BCUT2D eigenvalue weighted by Crippen LogP contribution is 2.27. The summed E-state index contributed by atoms with van der Waals surface area (Å²) in [4.78, 5) is 19.5. The molecule has 0 fully saturated rings. The van der Waals surface area contributed by atoms with Crippen LogP contribution >= 0.6 is 0 Å². The average molecular weight is 363 g/mol. The number of carbonyl (C=O) groups excluding carboxylic acids is 1. The number of rotatable bonds is 6. The summed E-state index contributed by atoms with van der Waals surface area (Å²) in [5.41, 5.74) is 3.35. The predicted octanol–water partition coefficient (Wildman–Crippen LogP) is 3.58. The molecule has 0 saturated heterocycles. The third-order valence-corrected chi connectivity index (χ3v) is 4.67. The minimum atomic E-state index is -0.0987. The molecule has 0 aliphatic heterocycles. The third-order valence-electron chi connectivity index (χ3n) is 4.67. The lowest BCUT2D eigenvalue weighted by Crippen LogP contribution is -2.34. The number of fused-ring (bicyclic) bond motifs is 1. The van der Waals surface area contributed by atoms with Crippen LogP contribution < -0.4 is 10.1 Å². The number of carbonyl (C=O) groups is 1. The number of hydrogen-bond donors (Lipinski definition) is 1. The van der Waals surface area contributed by atoms with Crippen molar-refractivity contribution in [1.29, 1.82) is 0 Å². The van der Waals surface area contributed by atoms with E-state index >= 15 is 0 Å². The molecule has 140 valence electrons. The number of nitrogens with zero attached hydrogens (tertiary/aromatic N) is 2. The van der Waals surface area contributed by atoms with E-state index in [0.29, 0.717) is 12.1 Å². The van der Waals surface area contributed by atoms with Gasteiger partial charge in [0.25, 0.3) is 5.91 Å². The lowest BCUT2D eigenvalue weighted by molar-refractivity contribution is 0.0943. The SMILES string of the molecule is COc1ccccc1[C@@H](CNC(=O)c1cc(C)nc2ccccc12)N(C)C. The molecule has 1 heterocycles. The fourth-order valence-corrected chi connectivity index (χ4v) is 3.29. The Kier molecular flexibility index (Phi) is 5.72. The van der Waals surface area contributed by atoms with E-state index in [1.807, 2.05) is 75.6 Å². The number of likely N-dealkylation sites (N-methyl/N-ethyl adjacent to an activating group) is 1. The smallest absolute Gasteiger partial charge is 0.252 e. The Balaban J connectivity index is 1.86. The molecule has 0 radical (unpaired) electrons. The van der Waals surface area contributed by atoms with Crippen molar-refractivity contribution in [2.45, 2.75) is 13.0 Å². The third kappa shape index (κ3) is 4.09. The molecule has 3 aromatic rings. The number of para-hydroxylation sites is 2. The first-order valence-electron chi connectivity index (χ1n) is 8.95. The van der Waals surface area contributed by atoms with Crippen molar-refractivity contribution < 1.29 is 9.53 Å². The highest BCUT2D eigenvalue weighted by molar-refractivity contribution is 6.06. The van der Waals surface area contributed by atoms with Crippen LogP contribution in [-0.2, 0) is 0 Å². The molecule has 27 heavy (non-hydrogen) atoms. The van der Waals surface area contributed by atoms with Gasteiger partial charge in [0.1, 0.15) is 5.75 Å². The van der Waals surface area contributed by atoms with E-state index in [4.69, 9.17) is 4.74 Å². The minimum absolute atomic E-state index is 0.000650. The number of ether oxygens (including phenoxy) is 1. The van der Waals surface area contributed by atoms with Crippen molar-refractivity contribution in [1.82, 2.24) is 15.2 Å². The zero-order valence-electron chi connectivity index (χ0n) is 16.2. The summed E-state index contributed by atoms with van der Waals surface area (Å²) in [7, 11) is 5.65. The summed E-state index contributed by atoms with van der Waals surface area (Å²) in [6.45, 7) is 2.38. The zero-order chi connectivity index (χ0) is 19.4. The molecule has 0 spiro atoms. The van der Waals surface area contributed by atoms with Crippen molar-refractivity contribution in [2.24, 2.45) is 0 Å². The maximum atomic E-state index is 12.9. The van der Waals surface area contributed by atoms with Crippen molar-refractivity contribution in [2.75, 3.05) is 27.7 Å². The van der Waals surface area contributed by atoms with Crippen molar-refractivity contribution in [3.05, 3.63) is 71.4 Å². The van der Waals surface area contributed by atoms with Crippen LogP contribution in [0.25, 0.3) is 10.9 Å². The van der Waals surface area contributed by atoms with Gasteiger partial charge in [-0.3, -0.25) is 9.78 Å². The maximum absolute atomic E-state index is 12.9. The first kappa shape index (κ1) is 18.9. The number of nitrogens with one attached hydrogen (secondary N) is 1. The topological polar surface area (TPSA) is 54.5 Å². The van der Waals surface area contributed by atoms with Gasteiger partial charge >= 0.3 is 0 Å². The lowest BCUT2D eigenvalue weighted by atomic mass is 10.0. The molecular formula is C22H25N3O2. The summed E-state index contributed by atoms with van der Waals surface area (Å²) in [5, 5.41) is 3.95.